The van der Waals surface area contributed by atoms with Gasteiger partial charge in [0.2, 0.25) is 0 Å². The van der Waals surface area contributed by atoms with E-state index in [2.05, 4.69) is 37.5 Å². The van der Waals surface area contributed by atoms with E-state index in [1.54, 1.807) is 0 Å². The zero-order valence-corrected chi connectivity index (χ0v) is 12.2. The molecule has 2 nitrogen and oxygen atoms in total. The highest BCUT2D eigenvalue weighted by atomic mass is 15.2. The molecular formula is C15H30N2. The van der Waals surface area contributed by atoms with E-state index in [1.807, 2.05) is 0 Å². The summed E-state index contributed by atoms with van der Waals surface area (Å²) in [5, 5.41) is 0. The van der Waals surface area contributed by atoms with Crippen LogP contribution in [0, 0.1) is 17.8 Å². The van der Waals surface area contributed by atoms with E-state index in [0.29, 0.717) is 0 Å². The summed E-state index contributed by atoms with van der Waals surface area (Å²) in [4.78, 5) is 5.36. The fraction of sp³-hybridized carbons (Fsp3) is 1.00. The first-order valence-corrected chi connectivity index (χ1v) is 7.52. The molecule has 2 fully saturated rings. The van der Waals surface area contributed by atoms with Gasteiger partial charge in [-0.15, -0.1) is 0 Å². The molecule has 0 N–H and O–H groups in total. The molecule has 2 saturated heterocycles. The smallest absolute Gasteiger partial charge is 0.00387 e. The van der Waals surface area contributed by atoms with Crippen molar-refractivity contribution in [2.24, 2.45) is 17.8 Å². The molecule has 0 aliphatic carbocycles. The van der Waals surface area contributed by atoms with Crippen LogP contribution in [0.2, 0.25) is 0 Å². The van der Waals surface area contributed by atoms with Gasteiger partial charge in [0.1, 0.15) is 0 Å². The molecule has 2 aliphatic rings. The van der Waals surface area contributed by atoms with E-state index < -0.39 is 0 Å². The second-order valence-corrected chi connectivity index (χ2v) is 6.80. The Morgan fingerprint density at radius 2 is 1.76 bits per heavy atom. The van der Waals surface area contributed by atoms with E-state index in [0.717, 1.165) is 23.8 Å². The van der Waals surface area contributed by atoms with E-state index in [4.69, 9.17) is 0 Å². The highest BCUT2D eigenvalue weighted by molar-refractivity contribution is 4.84. The SMILES string of the molecule is CC(C)[C@H]1CCN(C[C@@H]2CCN(C(C)C)C2)C1. The molecule has 0 saturated carbocycles. The summed E-state index contributed by atoms with van der Waals surface area (Å²) in [6.07, 6.45) is 2.85. The highest BCUT2D eigenvalue weighted by Gasteiger charge is 2.30. The molecule has 0 aromatic carbocycles. The van der Waals surface area contributed by atoms with Gasteiger partial charge in [-0.3, -0.25) is 0 Å². The predicted molar refractivity (Wildman–Crippen MR) is 74.2 cm³/mol. The van der Waals surface area contributed by atoms with E-state index in [-0.39, 0.29) is 0 Å². The predicted octanol–water partition coefficient (Wildman–Crippen LogP) is 2.69. The van der Waals surface area contributed by atoms with Gasteiger partial charge in [-0.2, -0.15) is 0 Å². The molecule has 0 radical (unpaired) electrons. The molecule has 0 bridgehead atoms. The molecule has 0 amide bonds. The Morgan fingerprint density at radius 1 is 1.00 bits per heavy atom. The maximum Gasteiger partial charge on any atom is 0.00387 e. The van der Waals surface area contributed by atoms with Crippen LogP contribution >= 0.6 is 0 Å². The summed E-state index contributed by atoms with van der Waals surface area (Å²) in [6, 6.07) is 0.738. The van der Waals surface area contributed by atoms with Crippen LogP contribution in [0.15, 0.2) is 0 Å². The molecule has 100 valence electrons. The fourth-order valence-corrected chi connectivity index (χ4v) is 3.42. The van der Waals surface area contributed by atoms with Gasteiger partial charge in [0.05, 0.1) is 0 Å². The Morgan fingerprint density at radius 3 is 2.29 bits per heavy atom. The van der Waals surface area contributed by atoms with Crippen LogP contribution in [0.1, 0.15) is 40.5 Å². The quantitative estimate of drug-likeness (QED) is 0.743. The maximum atomic E-state index is 2.72. The summed E-state index contributed by atoms with van der Waals surface area (Å²) < 4.78 is 0. The molecule has 2 aliphatic heterocycles. The van der Waals surface area contributed by atoms with Crippen molar-refractivity contribution in [2.75, 3.05) is 32.7 Å². The van der Waals surface area contributed by atoms with Gasteiger partial charge in [-0.25, -0.2) is 0 Å². The lowest BCUT2D eigenvalue weighted by atomic mass is 9.95. The van der Waals surface area contributed by atoms with Gasteiger partial charge in [-0.1, -0.05) is 13.8 Å². The van der Waals surface area contributed by atoms with Crippen LogP contribution in [0.3, 0.4) is 0 Å². The minimum Gasteiger partial charge on any atom is -0.303 e. The van der Waals surface area contributed by atoms with Crippen molar-refractivity contribution < 1.29 is 0 Å². The number of hydrogen-bond donors (Lipinski definition) is 0. The Hall–Kier alpha value is -0.0800. The van der Waals surface area contributed by atoms with Gasteiger partial charge in [0.15, 0.2) is 0 Å². The van der Waals surface area contributed by atoms with Crippen molar-refractivity contribution in [3.8, 4) is 0 Å². The lowest BCUT2D eigenvalue weighted by Gasteiger charge is -2.23. The second-order valence-electron chi connectivity index (χ2n) is 6.80. The summed E-state index contributed by atoms with van der Waals surface area (Å²) in [6.45, 7) is 16.1. The molecular weight excluding hydrogens is 208 g/mol. The molecule has 0 unspecified atom stereocenters. The Kier molecular flexibility index (Phi) is 4.48. The van der Waals surface area contributed by atoms with Gasteiger partial charge >= 0.3 is 0 Å². The molecule has 2 atom stereocenters. The van der Waals surface area contributed by atoms with Crippen LogP contribution in [0.5, 0.6) is 0 Å². The Bertz CT molecular complexity index is 213. The van der Waals surface area contributed by atoms with Gasteiger partial charge < -0.3 is 9.80 Å². The third-order valence-electron chi connectivity index (χ3n) is 4.82. The largest absolute Gasteiger partial charge is 0.303 e. The molecule has 0 aromatic rings. The van der Waals surface area contributed by atoms with E-state index in [9.17, 15) is 0 Å². The van der Waals surface area contributed by atoms with Crippen molar-refractivity contribution in [2.45, 2.75) is 46.6 Å². The van der Waals surface area contributed by atoms with Crippen molar-refractivity contribution >= 4 is 0 Å². The molecule has 0 spiro atoms. The molecule has 2 rings (SSSR count). The number of hydrogen-bond acceptors (Lipinski definition) is 2. The average molecular weight is 238 g/mol. The minimum absolute atomic E-state index is 0.738. The topological polar surface area (TPSA) is 6.48 Å². The van der Waals surface area contributed by atoms with Crippen molar-refractivity contribution in [1.82, 2.24) is 9.80 Å². The van der Waals surface area contributed by atoms with E-state index in [1.165, 1.54) is 45.6 Å². The standard InChI is InChI=1S/C15H30N2/c1-12(2)15-6-7-16(11-15)9-14-5-8-17(10-14)13(3)4/h12-15H,5-11H2,1-4H3/t14-,15-/m0/s1. The van der Waals surface area contributed by atoms with Crippen molar-refractivity contribution in [3.63, 3.8) is 0 Å². The zero-order valence-electron chi connectivity index (χ0n) is 12.2. The average Bonchev–Trinajstić information content (AvgIpc) is 2.87. The molecule has 0 aromatic heterocycles. The second kappa shape index (κ2) is 5.71. The van der Waals surface area contributed by atoms with Crippen LogP contribution in [-0.4, -0.2) is 48.6 Å². The Labute approximate surface area is 107 Å². The molecule has 2 heteroatoms. The van der Waals surface area contributed by atoms with Crippen LogP contribution < -0.4 is 0 Å². The van der Waals surface area contributed by atoms with Gasteiger partial charge in [0.25, 0.3) is 0 Å². The van der Waals surface area contributed by atoms with E-state index >= 15 is 0 Å². The summed E-state index contributed by atoms with van der Waals surface area (Å²) in [5.74, 6) is 2.76. The van der Waals surface area contributed by atoms with Gasteiger partial charge in [-0.05, 0) is 57.5 Å². The zero-order chi connectivity index (χ0) is 12.4. The highest BCUT2D eigenvalue weighted by Crippen LogP contribution is 2.26. The maximum absolute atomic E-state index is 2.72. The lowest BCUT2D eigenvalue weighted by Crippen LogP contribution is -2.32. The van der Waals surface area contributed by atoms with Crippen molar-refractivity contribution in [1.29, 1.82) is 0 Å². The first-order chi connectivity index (χ1) is 8.06. The summed E-state index contributed by atoms with van der Waals surface area (Å²) in [5.41, 5.74) is 0. The number of rotatable bonds is 4. The summed E-state index contributed by atoms with van der Waals surface area (Å²) >= 11 is 0. The fourth-order valence-electron chi connectivity index (χ4n) is 3.42. The van der Waals surface area contributed by atoms with Crippen LogP contribution in [0.25, 0.3) is 0 Å². The normalized spacial score (nSPS) is 32.1. The van der Waals surface area contributed by atoms with Crippen LogP contribution in [0.4, 0.5) is 0 Å². The third-order valence-corrected chi connectivity index (χ3v) is 4.82. The molecule has 2 heterocycles. The Balaban J connectivity index is 1.73. The lowest BCUT2D eigenvalue weighted by molar-refractivity contribution is 0.231. The molecule has 17 heavy (non-hydrogen) atoms. The van der Waals surface area contributed by atoms with Gasteiger partial charge in [0, 0.05) is 25.7 Å². The number of nitrogens with zero attached hydrogens (tertiary/aromatic N) is 2. The van der Waals surface area contributed by atoms with Crippen molar-refractivity contribution in [3.05, 3.63) is 0 Å². The van der Waals surface area contributed by atoms with Crippen LogP contribution in [-0.2, 0) is 0 Å². The third kappa shape index (κ3) is 3.45. The number of likely N-dealkylation sites (tertiary alicyclic amines) is 2. The summed E-state index contributed by atoms with van der Waals surface area (Å²) in [7, 11) is 0. The monoisotopic (exact) mass is 238 g/mol. The minimum atomic E-state index is 0.738. The first kappa shape index (κ1) is 13.4. The first-order valence-electron chi connectivity index (χ1n) is 7.52.